The summed E-state index contributed by atoms with van der Waals surface area (Å²) in [7, 11) is -4.20. The second-order valence-corrected chi connectivity index (χ2v) is 3.05. The van der Waals surface area contributed by atoms with Gasteiger partial charge in [-0.25, -0.2) is 4.18 Å². The van der Waals surface area contributed by atoms with Gasteiger partial charge in [-0.3, -0.25) is 4.55 Å². The predicted octanol–water partition coefficient (Wildman–Crippen LogP) is 0.347. The molecule has 0 fully saturated rings. The summed E-state index contributed by atoms with van der Waals surface area (Å²) in [6, 6.07) is 0. The van der Waals surface area contributed by atoms with E-state index in [1.165, 1.54) is 0 Å². The van der Waals surface area contributed by atoms with Crippen LogP contribution in [0.4, 0.5) is 0 Å². The molecule has 0 rings (SSSR count). The molecule has 0 saturated heterocycles. The van der Waals surface area contributed by atoms with E-state index in [1.54, 1.807) is 0 Å². The van der Waals surface area contributed by atoms with E-state index in [9.17, 15) is 8.42 Å². The van der Waals surface area contributed by atoms with Gasteiger partial charge in [-0.2, -0.15) is 8.42 Å². The van der Waals surface area contributed by atoms with Gasteiger partial charge in [0.2, 0.25) is 0 Å². The molecule has 0 aliphatic carbocycles. The van der Waals surface area contributed by atoms with Crippen LogP contribution in [0.5, 0.6) is 0 Å². The molecule has 11 heavy (non-hydrogen) atoms. The van der Waals surface area contributed by atoms with Crippen LogP contribution in [-0.4, -0.2) is 49.1 Å². The fourth-order valence-electron chi connectivity index (χ4n) is 0.516. The van der Waals surface area contributed by atoms with Crippen LogP contribution < -0.4 is 0 Å². The van der Waals surface area contributed by atoms with Crippen LogP contribution in [0.15, 0.2) is 0 Å². The second kappa shape index (κ2) is 7.52. The Labute approximate surface area is 89.6 Å². The SMILES string of the molecule is CCCCCOS(=O)(=O)O.[NaH]. The summed E-state index contributed by atoms with van der Waals surface area (Å²) in [5.41, 5.74) is 0. The third-order valence-corrected chi connectivity index (χ3v) is 1.44. The molecule has 64 valence electrons. The van der Waals surface area contributed by atoms with Gasteiger partial charge in [0.1, 0.15) is 0 Å². The van der Waals surface area contributed by atoms with Crippen molar-refractivity contribution in [1.29, 1.82) is 0 Å². The van der Waals surface area contributed by atoms with E-state index in [2.05, 4.69) is 4.18 Å². The van der Waals surface area contributed by atoms with Crippen molar-refractivity contribution in [3.8, 4) is 0 Å². The van der Waals surface area contributed by atoms with Crippen LogP contribution in [0.1, 0.15) is 26.2 Å². The van der Waals surface area contributed by atoms with Gasteiger partial charge in [-0.1, -0.05) is 19.8 Å². The fourth-order valence-corrected chi connectivity index (χ4v) is 0.845. The first-order valence-electron chi connectivity index (χ1n) is 3.18. The number of hydrogen-bond donors (Lipinski definition) is 1. The van der Waals surface area contributed by atoms with E-state index in [0.29, 0.717) is 6.42 Å². The van der Waals surface area contributed by atoms with E-state index in [-0.39, 0.29) is 36.2 Å². The summed E-state index contributed by atoms with van der Waals surface area (Å²) in [5, 5.41) is 0. The average molecular weight is 192 g/mol. The summed E-state index contributed by atoms with van der Waals surface area (Å²) in [6.07, 6.45) is 2.57. The van der Waals surface area contributed by atoms with Crippen molar-refractivity contribution in [2.24, 2.45) is 0 Å². The standard InChI is InChI=1S/C5H12O4S.Na.H/c1-2-3-4-5-9-10(6,7)8;;/h2-5H2,1H3,(H,6,7,8);;. The molecule has 0 aromatic rings. The van der Waals surface area contributed by atoms with Crippen molar-refractivity contribution in [2.45, 2.75) is 26.2 Å². The van der Waals surface area contributed by atoms with Crippen molar-refractivity contribution in [1.82, 2.24) is 0 Å². The topological polar surface area (TPSA) is 63.6 Å². The quantitative estimate of drug-likeness (QED) is 0.388. The number of unbranched alkanes of at least 4 members (excludes halogenated alkanes) is 2. The maximum atomic E-state index is 9.93. The molecule has 0 amide bonds. The zero-order valence-corrected chi connectivity index (χ0v) is 6.73. The Balaban J connectivity index is 0. The molecule has 6 heteroatoms. The van der Waals surface area contributed by atoms with Gasteiger partial charge >= 0.3 is 40.0 Å². The van der Waals surface area contributed by atoms with E-state index in [0.717, 1.165) is 12.8 Å². The summed E-state index contributed by atoms with van der Waals surface area (Å²) < 4.78 is 32.0. The second-order valence-electron chi connectivity index (χ2n) is 1.96. The van der Waals surface area contributed by atoms with Gasteiger partial charge in [-0.15, -0.1) is 0 Å². The first-order chi connectivity index (χ1) is 4.56. The molecular formula is C5H13NaO4S. The summed E-state index contributed by atoms with van der Waals surface area (Å²) >= 11 is 0. The fraction of sp³-hybridized carbons (Fsp3) is 1.00. The Kier molecular flexibility index (Phi) is 9.84. The van der Waals surface area contributed by atoms with E-state index in [4.69, 9.17) is 4.55 Å². The molecule has 0 aromatic heterocycles. The zero-order valence-electron chi connectivity index (χ0n) is 5.91. The predicted molar refractivity (Wildman–Crippen MR) is 44.2 cm³/mol. The summed E-state index contributed by atoms with van der Waals surface area (Å²) in [6.45, 7) is 2.07. The Morgan fingerprint density at radius 1 is 1.36 bits per heavy atom. The first-order valence-corrected chi connectivity index (χ1v) is 4.54. The monoisotopic (exact) mass is 192 g/mol. The molecule has 1 N–H and O–H groups in total. The molecule has 0 bridgehead atoms. The average Bonchev–Trinajstić information content (AvgIpc) is 1.78. The third-order valence-electron chi connectivity index (χ3n) is 0.980. The molecule has 0 heterocycles. The van der Waals surface area contributed by atoms with Crippen LogP contribution in [-0.2, 0) is 14.6 Å². The minimum absolute atomic E-state index is 0. The number of rotatable bonds is 5. The van der Waals surface area contributed by atoms with Crippen molar-refractivity contribution in [3.05, 3.63) is 0 Å². The van der Waals surface area contributed by atoms with Crippen molar-refractivity contribution in [2.75, 3.05) is 6.61 Å². The number of hydrogen-bond acceptors (Lipinski definition) is 3. The summed E-state index contributed by atoms with van der Waals surface area (Å²) in [5.74, 6) is 0. The van der Waals surface area contributed by atoms with Gasteiger partial charge < -0.3 is 0 Å². The first kappa shape index (κ1) is 14.4. The van der Waals surface area contributed by atoms with Crippen LogP contribution in [0, 0.1) is 0 Å². The Morgan fingerprint density at radius 2 is 1.91 bits per heavy atom. The minimum atomic E-state index is -4.20. The van der Waals surface area contributed by atoms with Crippen LogP contribution >= 0.6 is 0 Å². The molecule has 4 nitrogen and oxygen atoms in total. The molecule has 0 saturated carbocycles. The maximum absolute atomic E-state index is 9.93. The van der Waals surface area contributed by atoms with Crippen molar-refractivity contribution in [3.63, 3.8) is 0 Å². The van der Waals surface area contributed by atoms with Crippen molar-refractivity contribution >= 4 is 40.0 Å². The van der Waals surface area contributed by atoms with E-state index in [1.807, 2.05) is 6.92 Å². The molecule has 0 aromatic carbocycles. The van der Waals surface area contributed by atoms with Crippen molar-refractivity contribution < 1.29 is 17.2 Å². The summed E-state index contributed by atoms with van der Waals surface area (Å²) in [4.78, 5) is 0. The molecule has 0 spiro atoms. The third kappa shape index (κ3) is 13.8. The molecule has 0 aliphatic heterocycles. The Bertz CT molecular complexity index is 165. The molecular weight excluding hydrogens is 179 g/mol. The molecule has 0 atom stereocenters. The van der Waals surface area contributed by atoms with Gasteiger partial charge in [-0.05, 0) is 6.42 Å². The molecule has 0 unspecified atom stereocenters. The molecule has 0 radical (unpaired) electrons. The van der Waals surface area contributed by atoms with Crippen LogP contribution in [0.3, 0.4) is 0 Å². The van der Waals surface area contributed by atoms with E-state index < -0.39 is 10.4 Å². The van der Waals surface area contributed by atoms with Crippen LogP contribution in [0.2, 0.25) is 0 Å². The van der Waals surface area contributed by atoms with Gasteiger partial charge in [0.05, 0.1) is 6.61 Å². The Hall–Kier alpha value is 0.870. The van der Waals surface area contributed by atoms with Gasteiger partial charge in [0.25, 0.3) is 0 Å². The Morgan fingerprint density at radius 3 is 2.27 bits per heavy atom. The van der Waals surface area contributed by atoms with E-state index >= 15 is 0 Å². The normalized spacial score (nSPS) is 10.7. The van der Waals surface area contributed by atoms with Crippen LogP contribution in [0.25, 0.3) is 0 Å². The van der Waals surface area contributed by atoms with Gasteiger partial charge in [0, 0.05) is 0 Å². The zero-order chi connectivity index (χ0) is 8.04. The molecule has 0 aliphatic rings. The van der Waals surface area contributed by atoms with Gasteiger partial charge in [0.15, 0.2) is 0 Å².